The minimum absolute atomic E-state index is 0.280. The highest BCUT2D eigenvalue weighted by Gasteiger charge is 2.18. The number of nitrogens with one attached hydrogen (secondary N) is 1. The molecule has 15 heavy (non-hydrogen) atoms. The van der Waals surface area contributed by atoms with Crippen molar-refractivity contribution in [2.45, 2.75) is 39.0 Å². The Balaban J connectivity index is 2.45. The smallest absolute Gasteiger partial charge is 0.00406 e. The summed E-state index contributed by atoms with van der Waals surface area (Å²) in [6.07, 6.45) is 2.41. The van der Waals surface area contributed by atoms with E-state index in [9.17, 15) is 0 Å². The molecule has 84 valence electrons. The van der Waals surface area contributed by atoms with Gasteiger partial charge in [-0.3, -0.25) is 0 Å². The van der Waals surface area contributed by atoms with Crippen LogP contribution < -0.4 is 5.32 Å². The molecule has 1 aromatic rings. The van der Waals surface area contributed by atoms with Crippen molar-refractivity contribution in [1.29, 1.82) is 0 Å². The third-order valence-corrected chi connectivity index (χ3v) is 2.91. The van der Waals surface area contributed by atoms with Crippen LogP contribution in [0.25, 0.3) is 0 Å². The first kappa shape index (κ1) is 12.3. The largest absolute Gasteiger partial charge is 0.317 e. The lowest BCUT2D eigenvalue weighted by atomic mass is 9.81. The molecule has 0 aliphatic rings. The van der Waals surface area contributed by atoms with Gasteiger partial charge in [-0.1, -0.05) is 51.1 Å². The van der Waals surface area contributed by atoms with Crippen LogP contribution in [0.4, 0.5) is 0 Å². The third kappa shape index (κ3) is 4.05. The average molecular weight is 205 g/mol. The number of hydrogen-bond donors (Lipinski definition) is 1. The van der Waals surface area contributed by atoms with E-state index in [0.717, 1.165) is 13.1 Å². The SMILES string of the molecule is CCCNCCC(C)(C)c1ccccc1. The quantitative estimate of drug-likeness (QED) is 0.702. The Morgan fingerprint density at radius 2 is 1.73 bits per heavy atom. The molecule has 1 nitrogen and oxygen atoms in total. The lowest BCUT2D eigenvalue weighted by Crippen LogP contribution is -2.25. The molecule has 0 unspecified atom stereocenters. The van der Waals surface area contributed by atoms with Gasteiger partial charge >= 0.3 is 0 Å². The van der Waals surface area contributed by atoms with Gasteiger partial charge in [0.25, 0.3) is 0 Å². The Morgan fingerprint density at radius 1 is 1.07 bits per heavy atom. The minimum atomic E-state index is 0.280. The first-order chi connectivity index (χ1) is 7.17. The second-order valence-corrected chi connectivity index (χ2v) is 4.75. The summed E-state index contributed by atoms with van der Waals surface area (Å²) in [7, 11) is 0. The zero-order valence-corrected chi connectivity index (χ0v) is 10.2. The van der Waals surface area contributed by atoms with Crippen LogP contribution in [0.3, 0.4) is 0 Å². The van der Waals surface area contributed by atoms with E-state index in [0.29, 0.717) is 0 Å². The van der Waals surface area contributed by atoms with Gasteiger partial charge in [0.15, 0.2) is 0 Å². The predicted molar refractivity (Wildman–Crippen MR) is 67.2 cm³/mol. The van der Waals surface area contributed by atoms with Crippen LogP contribution in [-0.4, -0.2) is 13.1 Å². The molecular weight excluding hydrogens is 182 g/mol. The summed E-state index contributed by atoms with van der Waals surface area (Å²) in [6.45, 7) is 9.07. The first-order valence-corrected chi connectivity index (χ1v) is 5.93. The van der Waals surface area contributed by atoms with Gasteiger partial charge in [0, 0.05) is 0 Å². The summed E-state index contributed by atoms with van der Waals surface area (Å²) in [4.78, 5) is 0. The Kier molecular flexibility index (Phi) is 4.83. The molecule has 1 heteroatoms. The van der Waals surface area contributed by atoms with Crippen LogP contribution in [0, 0.1) is 0 Å². The lowest BCUT2D eigenvalue weighted by Gasteiger charge is -2.25. The summed E-state index contributed by atoms with van der Waals surface area (Å²) in [6, 6.07) is 10.8. The second kappa shape index (κ2) is 5.92. The maximum absolute atomic E-state index is 3.46. The molecule has 0 radical (unpaired) electrons. The van der Waals surface area contributed by atoms with E-state index < -0.39 is 0 Å². The fourth-order valence-corrected chi connectivity index (χ4v) is 1.74. The van der Waals surface area contributed by atoms with Crippen LogP contribution in [0.2, 0.25) is 0 Å². The second-order valence-electron chi connectivity index (χ2n) is 4.75. The fraction of sp³-hybridized carbons (Fsp3) is 0.571. The third-order valence-electron chi connectivity index (χ3n) is 2.91. The maximum atomic E-state index is 3.46. The summed E-state index contributed by atoms with van der Waals surface area (Å²) in [5, 5.41) is 3.46. The Labute approximate surface area is 93.9 Å². The van der Waals surface area contributed by atoms with Crippen LogP contribution in [0.15, 0.2) is 30.3 Å². The van der Waals surface area contributed by atoms with E-state index in [1.165, 1.54) is 18.4 Å². The van der Waals surface area contributed by atoms with Crippen LogP contribution in [0.5, 0.6) is 0 Å². The average Bonchev–Trinajstić information content (AvgIpc) is 2.26. The highest BCUT2D eigenvalue weighted by Crippen LogP contribution is 2.25. The molecule has 0 aliphatic heterocycles. The molecular formula is C14H23N. The predicted octanol–water partition coefficient (Wildman–Crippen LogP) is 3.35. The fourth-order valence-electron chi connectivity index (χ4n) is 1.74. The Hall–Kier alpha value is -0.820. The van der Waals surface area contributed by atoms with E-state index in [-0.39, 0.29) is 5.41 Å². The summed E-state index contributed by atoms with van der Waals surface area (Å²) in [5.41, 5.74) is 1.71. The van der Waals surface area contributed by atoms with E-state index in [2.05, 4.69) is 56.4 Å². The van der Waals surface area contributed by atoms with E-state index in [1.54, 1.807) is 0 Å². The van der Waals surface area contributed by atoms with Crippen molar-refractivity contribution in [1.82, 2.24) is 5.32 Å². The molecule has 0 saturated carbocycles. The van der Waals surface area contributed by atoms with Gasteiger partial charge in [0.05, 0.1) is 0 Å². The molecule has 0 aliphatic carbocycles. The van der Waals surface area contributed by atoms with Crippen molar-refractivity contribution >= 4 is 0 Å². The molecule has 0 spiro atoms. The summed E-state index contributed by atoms with van der Waals surface area (Å²) < 4.78 is 0. The number of benzene rings is 1. The topological polar surface area (TPSA) is 12.0 Å². The normalized spacial score (nSPS) is 11.7. The maximum Gasteiger partial charge on any atom is -0.00406 e. The van der Waals surface area contributed by atoms with Crippen molar-refractivity contribution in [3.63, 3.8) is 0 Å². The molecule has 1 aromatic carbocycles. The van der Waals surface area contributed by atoms with Crippen LogP contribution in [-0.2, 0) is 5.41 Å². The van der Waals surface area contributed by atoms with Crippen molar-refractivity contribution in [3.8, 4) is 0 Å². The molecule has 1 rings (SSSR count). The van der Waals surface area contributed by atoms with Crippen molar-refractivity contribution in [3.05, 3.63) is 35.9 Å². The van der Waals surface area contributed by atoms with Crippen molar-refractivity contribution in [2.75, 3.05) is 13.1 Å². The van der Waals surface area contributed by atoms with Gasteiger partial charge in [-0.15, -0.1) is 0 Å². The van der Waals surface area contributed by atoms with Crippen LogP contribution >= 0.6 is 0 Å². The lowest BCUT2D eigenvalue weighted by molar-refractivity contribution is 0.457. The van der Waals surface area contributed by atoms with Gasteiger partial charge in [0.1, 0.15) is 0 Å². The zero-order valence-electron chi connectivity index (χ0n) is 10.2. The van der Waals surface area contributed by atoms with Gasteiger partial charge in [0.2, 0.25) is 0 Å². The van der Waals surface area contributed by atoms with Gasteiger partial charge in [-0.05, 0) is 36.9 Å². The molecule has 0 saturated heterocycles. The van der Waals surface area contributed by atoms with Gasteiger partial charge in [-0.25, -0.2) is 0 Å². The first-order valence-electron chi connectivity index (χ1n) is 5.93. The summed E-state index contributed by atoms with van der Waals surface area (Å²) >= 11 is 0. The highest BCUT2D eigenvalue weighted by molar-refractivity contribution is 5.23. The van der Waals surface area contributed by atoms with E-state index in [4.69, 9.17) is 0 Å². The molecule has 1 N–H and O–H groups in total. The molecule has 0 aromatic heterocycles. The Morgan fingerprint density at radius 3 is 2.33 bits per heavy atom. The Bertz CT molecular complexity index is 264. The number of hydrogen-bond acceptors (Lipinski definition) is 1. The van der Waals surface area contributed by atoms with Crippen molar-refractivity contribution < 1.29 is 0 Å². The molecule has 0 amide bonds. The molecule has 0 fully saturated rings. The van der Waals surface area contributed by atoms with Crippen molar-refractivity contribution in [2.24, 2.45) is 0 Å². The van der Waals surface area contributed by atoms with E-state index in [1.807, 2.05) is 0 Å². The minimum Gasteiger partial charge on any atom is -0.317 e. The van der Waals surface area contributed by atoms with E-state index >= 15 is 0 Å². The summed E-state index contributed by atoms with van der Waals surface area (Å²) in [5.74, 6) is 0. The number of rotatable bonds is 6. The zero-order chi connectivity index (χ0) is 11.1. The molecule has 0 heterocycles. The molecule has 0 atom stereocenters. The standard InChI is InChI=1S/C14H23N/c1-4-11-15-12-10-14(2,3)13-8-6-5-7-9-13/h5-9,15H,4,10-12H2,1-3H3. The van der Waals surface area contributed by atoms with Gasteiger partial charge < -0.3 is 5.32 Å². The molecule has 0 bridgehead atoms. The monoisotopic (exact) mass is 205 g/mol. The highest BCUT2D eigenvalue weighted by atomic mass is 14.8. The van der Waals surface area contributed by atoms with Gasteiger partial charge in [-0.2, -0.15) is 0 Å². The van der Waals surface area contributed by atoms with Crippen LogP contribution in [0.1, 0.15) is 39.2 Å².